The summed E-state index contributed by atoms with van der Waals surface area (Å²) in [5, 5.41) is 19.2. The Hall–Kier alpha value is -3.73. The minimum absolute atomic E-state index is 0.171. The maximum Gasteiger partial charge on any atom is 0.408 e. The molecule has 1 saturated carbocycles. The third-order valence-corrected chi connectivity index (χ3v) is 8.71. The molecule has 0 aliphatic heterocycles. The van der Waals surface area contributed by atoms with Crippen LogP contribution in [0.1, 0.15) is 85.2 Å². The van der Waals surface area contributed by atoms with Crippen molar-refractivity contribution in [3.63, 3.8) is 0 Å². The lowest BCUT2D eigenvalue weighted by Gasteiger charge is -2.19. The molecular weight excluding hydrogens is 562 g/mol. The third kappa shape index (κ3) is 8.01. The molecule has 5 N–H and O–H groups in total. The Balaban J connectivity index is 1.21. The zero-order valence-electron chi connectivity index (χ0n) is 25.4. The number of fused-ring (bicyclic) bond motifs is 1. The first-order valence-electron chi connectivity index (χ1n) is 14.8. The van der Waals surface area contributed by atoms with Gasteiger partial charge in [0.2, 0.25) is 0 Å². The van der Waals surface area contributed by atoms with Gasteiger partial charge in [-0.25, -0.2) is 9.78 Å². The largest absolute Gasteiger partial charge is 0.444 e. The van der Waals surface area contributed by atoms with E-state index in [1.165, 1.54) is 9.75 Å². The van der Waals surface area contributed by atoms with Crippen LogP contribution in [-0.4, -0.2) is 44.8 Å². The number of aromatic amines is 1. The molecule has 1 fully saturated rings. The molecule has 4 aromatic rings. The van der Waals surface area contributed by atoms with Gasteiger partial charge in [0, 0.05) is 27.9 Å². The number of hydrogen-bond donors (Lipinski definition) is 5. The van der Waals surface area contributed by atoms with Crippen molar-refractivity contribution in [2.45, 2.75) is 90.8 Å². The van der Waals surface area contributed by atoms with Crippen LogP contribution < -0.4 is 16.0 Å². The highest BCUT2D eigenvalue weighted by atomic mass is 32.1. The van der Waals surface area contributed by atoms with Crippen molar-refractivity contribution in [3.8, 4) is 10.4 Å². The Kier molecular flexibility index (Phi) is 9.19. The van der Waals surface area contributed by atoms with Crippen LogP contribution in [0.25, 0.3) is 21.5 Å². The van der Waals surface area contributed by atoms with Crippen molar-refractivity contribution in [1.82, 2.24) is 25.9 Å². The average Bonchev–Trinajstić information content (AvgIpc) is 3.69. The molecule has 0 unspecified atom stereocenters. The highest BCUT2D eigenvalue weighted by molar-refractivity contribution is 7.15. The predicted octanol–water partition coefficient (Wildman–Crippen LogP) is 6.12. The predicted molar refractivity (Wildman–Crippen MR) is 170 cm³/mol. The fourth-order valence-corrected chi connectivity index (χ4v) is 6.31. The Labute approximate surface area is 256 Å². The Bertz CT molecular complexity index is 1600. The second-order valence-electron chi connectivity index (χ2n) is 12.4. The van der Waals surface area contributed by atoms with Gasteiger partial charge in [-0.3, -0.25) is 4.79 Å². The molecule has 0 radical (unpaired) electrons. The first-order valence-corrected chi connectivity index (χ1v) is 15.6. The minimum Gasteiger partial charge on any atom is -0.444 e. The molecule has 2 amide bonds. The third-order valence-electron chi connectivity index (χ3n) is 7.57. The highest BCUT2D eigenvalue weighted by Crippen LogP contribution is 2.31. The van der Waals surface area contributed by atoms with Gasteiger partial charge in [-0.15, -0.1) is 11.3 Å². The Morgan fingerprint density at radius 3 is 2.70 bits per heavy atom. The number of aliphatic hydroxyl groups is 1. The van der Waals surface area contributed by atoms with Gasteiger partial charge in [-0.05, 0) is 101 Å². The summed E-state index contributed by atoms with van der Waals surface area (Å²) in [5.74, 6) is 0.406. The summed E-state index contributed by atoms with van der Waals surface area (Å²) in [4.78, 5) is 35.6. The number of thiophene rings is 1. The van der Waals surface area contributed by atoms with Crippen molar-refractivity contribution in [3.05, 3.63) is 75.9 Å². The number of alkyl carbamates (subject to hydrolysis) is 1. The van der Waals surface area contributed by atoms with Gasteiger partial charge >= 0.3 is 6.09 Å². The summed E-state index contributed by atoms with van der Waals surface area (Å²) in [6, 6.07) is 16.5. The number of carbonyl (C=O) groups is 2. The molecule has 0 spiro atoms. The number of nitrogens with one attached hydrogen (secondary N) is 4. The summed E-state index contributed by atoms with van der Waals surface area (Å²) >= 11 is 1.76. The first kappa shape index (κ1) is 30.7. The number of imidazole rings is 1. The van der Waals surface area contributed by atoms with E-state index in [0.29, 0.717) is 22.9 Å². The van der Waals surface area contributed by atoms with Crippen LogP contribution in [0.5, 0.6) is 0 Å². The van der Waals surface area contributed by atoms with E-state index < -0.39 is 11.7 Å². The lowest BCUT2D eigenvalue weighted by atomic mass is 10.0. The summed E-state index contributed by atoms with van der Waals surface area (Å²) in [6.07, 6.45) is 2.04. The number of hydrogen-bond acceptors (Lipinski definition) is 7. The number of amides is 2. The summed E-state index contributed by atoms with van der Waals surface area (Å²) in [6.45, 7) is 10.3. The monoisotopic (exact) mass is 603 g/mol. The van der Waals surface area contributed by atoms with E-state index in [4.69, 9.17) is 4.74 Å². The molecule has 228 valence electrons. The van der Waals surface area contributed by atoms with Crippen molar-refractivity contribution < 1.29 is 19.4 Å². The van der Waals surface area contributed by atoms with Crippen molar-refractivity contribution >= 4 is 34.4 Å². The number of rotatable bonds is 9. The second-order valence-corrected chi connectivity index (χ2v) is 13.5. The first-order chi connectivity index (χ1) is 20.4. The van der Waals surface area contributed by atoms with Crippen LogP contribution >= 0.6 is 11.3 Å². The number of benzene rings is 2. The van der Waals surface area contributed by atoms with Crippen LogP contribution in [0.2, 0.25) is 0 Å². The number of H-pyrrole nitrogens is 1. The summed E-state index contributed by atoms with van der Waals surface area (Å²) in [5.41, 5.74) is 4.38. The fraction of sp³-hybridized carbons (Fsp3) is 0.424. The number of ether oxygens (including phenoxy) is 1. The number of aryl methyl sites for hydroxylation is 1. The Morgan fingerprint density at radius 1 is 1.14 bits per heavy atom. The molecular formula is C33H41N5O4S. The molecule has 10 heteroatoms. The molecule has 9 nitrogen and oxygen atoms in total. The van der Waals surface area contributed by atoms with Gasteiger partial charge in [0.1, 0.15) is 11.4 Å². The Morgan fingerprint density at radius 2 is 1.95 bits per heavy atom. The van der Waals surface area contributed by atoms with E-state index in [0.717, 1.165) is 48.0 Å². The molecule has 2 heterocycles. The molecule has 1 aliphatic rings. The smallest absolute Gasteiger partial charge is 0.408 e. The highest BCUT2D eigenvalue weighted by Gasteiger charge is 2.22. The standard InChI is InChI=1S/C33H41N5O4S/c1-19-13-27-28(38-30(37-27)18-35-32(41)42-33(3,4)5)16-26(19)31(40)36-20(2)21-7-6-8-22(14-21)29-12-11-25(43-29)17-34-23-9-10-24(39)15-23/h6-8,11-14,16,20,23-24,34,39H,9-10,15,17-18H2,1-5H3,(H,35,41)(H,36,40)(H,37,38)/t20-,23+,24-/m1/s1. The lowest BCUT2D eigenvalue weighted by Crippen LogP contribution is -2.32. The van der Waals surface area contributed by atoms with E-state index in [1.54, 1.807) is 17.4 Å². The van der Waals surface area contributed by atoms with Crippen molar-refractivity contribution in [2.75, 3.05) is 0 Å². The van der Waals surface area contributed by atoms with Gasteiger partial charge in [-0.1, -0.05) is 18.2 Å². The van der Waals surface area contributed by atoms with Gasteiger partial charge < -0.3 is 30.8 Å². The number of aliphatic hydroxyl groups excluding tert-OH is 1. The van der Waals surface area contributed by atoms with Crippen molar-refractivity contribution in [1.29, 1.82) is 0 Å². The van der Waals surface area contributed by atoms with E-state index in [9.17, 15) is 14.7 Å². The average molecular weight is 604 g/mol. The molecule has 2 aromatic carbocycles. The van der Waals surface area contributed by atoms with Crippen molar-refractivity contribution in [2.24, 2.45) is 0 Å². The number of nitrogens with zero attached hydrogens (tertiary/aromatic N) is 1. The quantitative estimate of drug-likeness (QED) is 0.157. The van der Waals surface area contributed by atoms with E-state index in [1.807, 2.05) is 52.8 Å². The lowest BCUT2D eigenvalue weighted by molar-refractivity contribution is 0.0522. The van der Waals surface area contributed by atoms with Gasteiger partial charge in [0.05, 0.1) is 29.7 Å². The topological polar surface area (TPSA) is 128 Å². The fourth-order valence-electron chi connectivity index (χ4n) is 5.35. The zero-order valence-corrected chi connectivity index (χ0v) is 26.2. The maximum absolute atomic E-state index is 13.4. The second kappa shape index (κ2) is 12.9. The summed E-state index contributed by atoms with van der Waals surface area (Å²) in [7, 11) is 0. The zero-order chi connectivity index (χ0) is 30.7. The minimum atomic E-state index is -0.582. The van der Waals surface area contributed by atoms with E-state index >= 15 is 0 Å². The molecule has 43 heavy (non-hydrogen) atoms. The van der Waals surface area contributed by atoms with Crippen LogP contribution in [-0.2, 0) is 17.8 Å². The molecule has 2 aromatic heterocycles. The molecule has 0 saturated heterocycles. The molecule has 5 rings (SSSR count). The summed E-state index contributed by atoms with van der Waals surface area (Å²) < 4.78 is 5.29. The van der Waals surface area contributed by atoms with Gasteiger partial charge in [0.25, 0.3) is 5.91 Å². The molecule has 1 aliphatic carbocycles. The van der Waals surface area contributed by atoms with Gasteiger partial charge in [-0.2, -0.15) is 0 Å². The number of aromatic nitrogens is 2. The number of carbonyl (C=O) groups excluding carboxylic acids is 2. The normalized spacial score (nSPS) is 17.6. The van der Waals surface area contributed by atoms with Crippen LogP contribution in [0.15, 0.2) is 48.5 Å². The van der Waals surface area contributed by atoms with E-state index in [2.05, 4.69) is 50.2 Å². The van der Waals surface area contributed by atoms with Gasteiger partial charge in [0.15, 0.2) is 0 Å². The van der Waals surface area contributed by atoms with Crippen LogP contribution in [0, 0.1) is 6.92 Å². The SMILES string of the molecule is Cc1cc2[nH]c(CNC(=O)OC(C)(C)C)nc2cc1C(=O)N[C@H](C)c1cccc(-c2ccc(CN[C@H]3CC[C@@H](O)C3)s2)c1. The van der Waals surface area contributed by atoms with Crippen LogP contribution in [0.3, 0.4) is 0 Å². The molecule has 3 atom stereocenters. The van der Waals surface area contributed by atoms with E-state index in [-0.39, 0.29) is 24.6 Å². The van der Waals surface area contributed by atoms with Crippen LogP contribution in [0.4, 0.5) is 4.79 Å². The maximum atomic E-state index is 13.4. The molecule has 0 bridgehead atoms.